The molecule has 0 heterocycles. The Hall–Kier alpha value is -1.62. The average Bonchev–Trinajstić information content (AvgIpc) is 2.30. The van der Waals surface area contributed by atoms with Crippen molar-refractivity contribution in [1.82, 2.24) is 10.6 Å². The first-order valence-corrected chi connectivity index (χ1v) is 5.85. The van der Waals surface area contributed by atoms with Gasteiger partial charge in [0, 0.05) is 30.8 Å². The molecule has 0 saturated heterocycles. The van der Waals surface area contributed by atoms with Crippen molar-refractivity contribution >= 4 is 11.8 Å². The second-order valence-corrected chi connectivity index (χ2v) is 3.75. The van der Waals surface area contributed by atoms with Crippen molar-refractivity contribution in [2.45, 2.75) is 27.2 Å². The molecule has 0 rings (SSSR count). The monoisotopic (exact) mass is 256 g/mol. The number of carbonyl (C=O) groups excluding carboxylic acids is 2. The van der Waals surface area contributed by atoms with Crippen molar-refractivity contribution in [3.05, 3.63) is 24.3 Å². The summed E-state index contributed by atoms with van der Waals surface area (Å²) in [6.07, 6.45) is 0.596. The van der Waals surface area contributed by atoms with Crippen LogP contribution in [0.3, 0.4) is 0 Å². The van der Waals surface area contributed by atoms with Crippen LogP contribution in [-0.2, 0) is 9.59 Å². The van der Waals surface area contributed by atoms with Crippen LogP contribution in [0.1, 0.15) is 27.2 Å². The van der Waals surface area contributed by atoms with E-state index >= 15 is 0 Å². The number of hydrogen-bond acceptors (Lipinski definition) is 3. The molecule has 0 aromatic carbocycles. The molecule has 0 fully saturated rings. The fourth-order valence-corrected chi connectivity index (χ4v) is 0.743. The Morgan fingerprint density at radius 3 is 1.78 bits per heavy atom. The van der Waals surface area contributed by atoms with Crippen LogP contribution in [0.25, 0.3) is 0 Å². The molecular formula is C13H24N2O3. The number of likely N-dealkylation sites (N-methyl/N-ethyl adjacent to an activating group) is 1. The van der Waals surface area contributed by atoms with Crippen molar-refractivity contribution in [3.8, 4) is 0 Å². The number of hydrogen-bond donors (Lipinski definition) is 3. The molecule has 3 N–H and O–H groups in total. The van der Waals surface area contributed by atoms with Gasteiger partial charge < -0.3 is 15.7 Å². The van der Waals surface area contributed by atoms with Crippen molar-refractivity contribution in [2.75, 3.05) is 19.7 Å². The first-order chi connectivity index (χ1) is 8.36. The van der Waals surface area contributed by atoms with Gasteiger partial charge in [-0.1, -0.05) is 13.2 Å². The third kappa shape index (κ3) is 12.4. The maximum Gasteiger partial charge on any atom is 0.246 e. The molecular weight excluding hydrogens is 232 g/mol. The predicted molar refractivity (Wildman–Crippen MR) is 73.0 cm³/mol. The Labute approximate surface area is 109 Å². The zero-order valence-electron chi connectivity index (χ0n) is 11.5. The normalized spacial score (nSPS) is 8.67. The van der Waals surface area contributed by atoms with Gasteiger partial charge in [0.1, 0.15) is 0 Å². The molecule has 0 atom stereocenters. The zero-order chi connectivity index (χ0) is 14.6. The molecule has 18 heavy (non-hydrogen) atoms. The lowest BCUT2D eigenvalue weighted by atomic mass is 10.3. The summed E-state index contributed by atoms with van der Waals surface area (Å²) in [4.78, 5) is 21.3. The minimum absolute atomic E-state index is 0.0625. The fourth-order valence-electron chi connectivity index (χ4n) is 0.743. The van der Waals surface area contributed by atoms with E-state index in [-0.39, 0.29) is 18.4 Å². The molecule has 0 saturated carbocycles. The topological polar surface area (TPSA) is 78.4 Å². The maximum absolute atomic E-state index is 10.7. The van der Waals surface area contributed by atoms with E-state index in [0.29, 0.717) is 30.7 Å². The van der Waals surface area contributed by atoms with Crippen LogP contribution in [0.5, 0.6) is 0 Å². The summed E-state index contributed by atoms with van der Waals surface area (Å²) >= 11 is 0. The van der Waals surface area contributed by atoms with Crippen LogP contribution < -0.4 is 10.6 Å². The van der Waals surface area contributed by atoms with Crippen molar-refractivity contribution in [1.29, 1.82) is 0 Å². The van der Waals surface area contributed by atoms with Gasteiger partial charge in [-0.15, -0.1) is 0 Å². The quantitative estimate of drug-likeness (QED) is 0.485. The van der Waals surface area contributed by atoms with Crippen LogP contribution in [-0.4, -0.2) is 36.6 Å². The standard InChI is InChI=1S/C7H13NO2.C6H11NO/c1-6(2)7(10)8-4-3-5-9;1-4-7-6(8)5(2)3/h9H,1,3-5H2,2H3,(H,8,10);2,4H2,1,3H3,(H,7,8). The molecule has 0 radical (unpaired) electrons. The van der Waals surface area contributed by atoms with Crippen molar-refractivity contribution in [3.63, 3.8) is 0 Å². The van der Waals surface area contributed by atoms with Gasteiger partial charge in [0.2, 0.25) is 11.8 Å². The highest BCUT2D eigenvalue weighted by Crippen LogP contribution is 1.85. The Bertz CT molecular complexity index is 299. The highest BCUT2D eigenvalue weighted by Gasteiger charge is 1.97. The predicted octanol–water partition coefficient (Wildman–Crippen LogP) is 0.760. The lowest BCUT2D eigenvalue weighted by Crippen LogP contribution is -2.25. The van der Waals surface area contributed by atoms with Crippen LogP contribution >= 0.6 is 0 Å². The summed E-state index contributed by atoms with van der Waals surface area (Å²) in [6, 6.07) is 0. The zero-order valence-corrected chi connectivity index (χ0v) is 11.5. The van der Waals surface area contributed by atoms with E-state index < -0.39 is 0 Å². The molecule has 0 unspecified atom stereocenters. The van der Waals surface area contributed by atoms with Gasteiger partial charge in [0.05, 0.1) is 0 Å². The maximum atomic E-state index is 10.7. The molecule has 104 valence electrons. The number of amides is 2. The van der Waals surface area contributed by atoms with Crippen LogP contribution in [0.2, 0.25) is 0 Å². The highest BCUT2D eigenvalue weighted by atomic mass is 16.3. The number of aliphatic hydroxyl groups excluding tert-OH is 1. The van der Waals surface area contributed by atoms with E-state index in [0.717, 1.165) is 0 Å². The molecule has 5 nitrogen and oxygen atoms in total. The van der Waals surface area contributed by atoms with Gasteiger partial charge in [0.25, 0.3) is 0 Å². The van der Waals surface area contributed by atoms with Gasteiger partial charge >= 0.3 is 0 Å². The fraction of sp³-hybridized carbons (Fsp3) is 0.538. The summed E-state index contributed by atoms with van der Waals surface area (Å²) in [5, 5.41) is 13.5. The third-order valence-corrected chi connectivity index (χ3v) is 1.73. The molecule has 0 aromatic heterocycles. The molecule has 0 spiro atoms. The van der Waals surface area contributed by atoms with Crippen LogP contribution in [0.4, 0.5) is 0 Å². The molecule has 5 heteroatoms. The lowest BCUT2D eigenvalue weighted by molar-refractivity contribution is -0.118. The molecule has 0 aromatic rings. The highest BCUT2D eigenvalue weighted by molar-refractivity contribution is 5.92. The Balaban J connectivity index is 0. The van der Waals surface area contributed by atoms with Crippen molar-refractivity contribution < 1.29 is 14.7 Å². The van der Waals surface area contributed by atoms with E-state index in [9.17, 15) is 9.59 Å². The minimum atomic E-state index is -0.145. The average molecular weight is 256 g/mol. The van der Waals surface area contributed by atoms with Gasteiger partial charge in [0.15, 0.2) is 0 Å². The Kier molecular flexibility index (Phi) is 12.3. The SMILES string of the molecule is C=C(C)C(=O)NCC.C=C(C)C(=O)NCCCO. The van der Waals surface area contributed by atoms with Gasteiger partial charge in [-0.25, -0.2) is 0 Å². The first kappa shape index (κ1) is 18.7. The van der Waals surface area contributed by atoms with Crippen LogP contribution in [0.15, 0.2) is 24.3 Å². The Morgan fingerprint density at radius 1 is 1.06 bits per heavy atom. The third-order valence-electron chi connectivity index (χ3n) is 1.73. The van der Waals surface area contributed by atoms with E-state index in [1.54, 1.807) is 13.8 Å². The second kappa shape index (κ2) is 11.9. The van der Waals surface area contributed by atoms with Gasteiger partial charge in [-0.3, -0.25) is 9.59 Å². The summed E-state index contributed by atoms with van der Waals surface area (Å²) in [5.74, 6) is -0.207. The number of aliphatic hydroxyl groups is 1. The molecule has 0 aliphatic carbocycles. The van der Waals surface area contributed by atoms with E-state index in [2.05, 4.69) is 23.8 Å². The van der Waals surface area contributed by atoms with E-state index in [4.69, 9.17) is 5.11 Å². The second-order valence-electron chi connectivity index (χ2n) is 3.75. The summed E-state index contributed by atoms with van der Waals surface area (Å²) in [5.41, 5.74) is 1.06. The first-order valence-electron chi connectivity index (χ1n) is 5.85. The van der Waals surface area contributed by atoms with Crippen LogP contribution in [0, 0.1) is 0 Å². The molecule has 0 aliphatic heterocycles. The van der Waals surface area contributed by atoms with Gasteiger partial charge in [-0.05, 0) is 27.2 Å². The van der Waals surface area contributed by atoms with E-state index in [1.165, 1.54) is 0 Å². The molecule has 0 aliphatic rings. The number of carbonyl (C=O) groups is 2. The Morgan fingerprint density at radius 2 is 1.50 bits per heavy atom. The lowest BCUT2D eigenvalue weighted by Gasteiger charge is -2.01. The van der Waals surface area contributed by atoms with E-state index in [1.807, 2.05) is 6.92 Å². The van der Waals surface area contributed by atoms with Gasteiger partial charge in [-0.2, -0.15) is 0 Å². The van der Waals surface area contributed by atoms with Crippen molar-refractivity contribution in [2.24, 2.45) is 0 Å². The molecule has 0 bridgehead atoms. The molecule has 2 amide bonds. The number of rotatable bonds is 6. The minimum Gasteiger partial charge on any atom is -0.396 e. The number of nitrogens with one attached hydrogen (secondary N) is 2. The summed E-state index contributed by atoms with van der Waals surface area (Å²) < 4.78 is 0. The summed E-state index contributed by atoms with van der Waals surface area (Å²) in [7, 11) is 0. The largest absolute Gasteiger partial charge is 0.396 e. The smallest absolute Gasteiger partial charge is 0.246 e. The summed E-state index contributed by atoms with van der Waals surface area (Å²) in [6.45, 7) is 13.4.